The summed E-state index contributed by atoms with van der Waals surface area (Å²) in [5, 5.41) is 4.01. The molecule has 0 spiro atoms. The summed E-state index contributed by atoms with van der Waals surface area (Å²) >= 11 is 0. The van der Waals surface area contributed by atoms with Crippen molar-refractivity contribution in [1.82, 2.24) is 14.4 Å². The molecule has 8 nitrogen and oxygen atoms in total. The maximum atomic E-state index is 13.3. The van der Waals surface area contributed by atoms with Crippen LogP contribution >= 0.6 is 0 Å². The number of nitrogens with zero attached hydrogens (tertiary/aromatic N) is 3. The standard InChI is InChI=1S/C23H29N3O5S/c1-15(2)17-7-10-19(11-8-17)32(27,28)26(16(3)4)14-22-24-23(25-31-22)18-9-12-20(29-5)21(13-18)30-6/h7-13,15-16H,14H2,1-6H3. The molecule has 0 atom stereocenters. The van der Waals surface area contributed by atoms with E-state index in [2.05, 4.69) is 24.0 Å². The monoisotopic (exact) mass is 459 g/mol. The molecule has 0 bridgehead atoms. The van der Waals surface area contributed by atoms with Gasteiger partial charge in [-0.25, -0.2) is 8.42 Å². The summed E-state index contributed by atoms with van der Waals surface area (Å²) in [4.78, 5) is 4.63. The van der Waals surface area contributed by atoms with Gasteiger partial charge in [0.25, 0.3) is 0 Å². The number of sulfonamides is 1. The summed E-state index contributed by atoms with van der Waals surface area (Å²) in [6.45, 7) is 7.72. The van der Waals surface area contributed by atoms with Crippen LogP contribution in [-0.4, -0.2) is 43.1 Å². The molecule has 0 unspecified atom stereocenters. The van der Waals surface area contributed by atoms with Gasteiger partial charge in [-0.15, -0.1) is 0 Å². The Morgan fingerprint density at radius 3 is 2.19 bits per heavy atom. The lowest BCUT2D eigenvalue weighted by atomic mass is 10.0. The van der Waals surface area contributed by atoms with Crippen molar-refractivity contribution in [2.24, 2.45) is 0 Å². The van der Waals surface area contributed by atoms with Gasteiger partial charge >= 0.3 is 0 Å². The molecule has 1 heterocycles. The van der Waals surface area contributed by atoms with Gasteiger partial charge in [-0.05, 0) is 55.7 Å². The molecule has 9 heteroatoms. The van der Waals surface area contributed by atoms with Crippen molar-refractivity contribution < 1.29 is 22.4 Å². The Labute approximate surface area is 189 Å². The van der Waals surface area contributed by atoms with E-state index in [0.29, 0.717) is 28.8 Å². The summed E-state index contributed by atoms with van der Waals surface area (Å²) in [6.07, 6.45) is 0. The minimum Gasteiger partial charge on any atom is -0.493 e. The molecular formula is C23H29N3O5S. The van der Waals surface area contributed by atoms with Gasteiger partial charge in [-0.3, -0.25) is 0 Å². The van der Waals surface area contributed by atoms with Crippen LogP contribution in [0.4, 0.5) is 0 Å². The lowest BCUT2D eigenvalue weighted by molar-refractivity contribution is 0.286. The van der Waals surface area contributed by atoms with Gasteiger partial charge in [0.15, 0.2) is 11.5 Å². The van der Waals surface area contributed by atoms with Gasteiger partial charge in [0.1, 0.15) is 0 Å². The molecule has 0 aliphatic carbocycles. The SMILES string of the molecule is COc1ccc(-c2noc(CN(C(C)C)S(=O)(=O)c3ccc(C(C)C)cc3)n2)cc1OC. The second-order valence-electron chi connectivity index (χ2n) is 7.95. The molecule has 0 amide bonds. The van der Waals surface area contributed by atoms with E-state index in [1.807, 2.05) is 26.0 Å². The molecule has 1 aromatic heterocycles. The van der Waals surface area contributed by atoms with Gasteiger partial charge in [-0.2, -0.15) is 9.29 Å². The highest BCUT2D eigenvalue weighted by Gasteiger charge is 2.29. The minimum absolute atomic E-state index is 0.0355. The first kappa shape index (κ1) is 23.7. The molecule has 3 rings (SSSR count). The third-order valence-corrected chi connectivity index (χ3v) is 7.17. The van der Waals surface area contributed by atoms with Crippen molar-refractivity contribution in [2.75, 3.05) is 14.2 Å². The molecule has 0 fully saturated rings. The van der Waals surface area contributed by atoms with Crippen LogP contribution in [0.25, 0.3) is 11.4 Å². The topological polar surface area (TPSA) is 94.8 Å². The first-order valence-corrected chi connectivity index (χ1v) is 11.8. The summed E-state index contributed by atoms with van der Waals surface area (Å²) < 4.78 is 43.9. The molecule has 0 aliphatic rings. The normalized spacial score (nSPS) is 12.0. The van der Waals surface area contributed by atoms with Crippen LogP contribution in [0, 0.1) is 0 Å². The van der Waals surface area contributed by atoms with Crippen LogP contribution in [0.5, 0.6) is 11.5 Å². The third kappa shape index (κ3) is 4.94. The first-order valence-electron chi connectivity index (χ1n) is 10.3. The molecule has 0 N–H and O–H groups in total. The number of rotatable bonds is 9. The maximum Gasteiger partial charge on any atom is 0.243 e. The van der Waals surface area contributed by atoms with Crippen molar-refractivity contribution >= 4 is 10.0 Å². The number of benzene rings is 2. The Morgan fingerprint density at radius 1 is 0.969 bits per heavy atom. The molecule has 2 aromatic carbocycles. The third-order valence-electron chi connectivity index (χ3n) is 5.13. The molecular weight excluding hydrogens is 430 g/mol. The second kappa shape index (κ2) is 9.70. The number of hydrogen-bond acceptors (Lipinski definition) is 7. The Hall–Kier alpha value is -2.91. The van der Waals surface area contributed by atoms with Gasteiger partial charge in [0.05, 0.1) is 25.7 Å². The smallest absolute Gasteiger partial charge is 0.243 e. The zero-order valence-corrected chi connectivity index (χ0v) is 20.0. The van der Waals surface area contributed by atoms with Crippen LogP contribution in [0.15, 0.2) is 51.9 Å². The van der Waals surface area contributed by atoms with Crippen LogP contribution in [-0.2, 0) is 16.6 Å². The Balaban J connectivity index is 1.87. The van der Waals surface area contributed by atoms with Crippen molar-refractivity contribution in [2.45, 2.75) is 51.1 Å². The van der Waals surface area contributed by atoms with E-state index in [9.17, 15) is 8.42 Å². The first-order chi connectivity index (χ1) is 15.2. The lowest BCUT2D eigenvalue weighted by Crippen LogP contribution is -2.36. The maximum absolute atomic E-state index is 13.3. The quantitative estimate of drug-likeness (QED) is 0.466. The Morgan fingerprint density at radius 2 is 1.62 bits per heavy atom. The fraction of sp³-hybridized carbons (Fsp3) is 0.391. The molecule has 0 aliphatic heterocycles. The van der Waals surface area contributed by atoms with Crippen LogP contribution in [0.1, 0.15) is 45.1 Å². The number of methoxy groups -OCH3 is 2. The highest BCUT2D eigenvalue weighted by molar-refractivity contribution is 7.89. The summed E-state index contributed by atoms with van der Waals surface area (Å²) in [5.41, 5.74) is 1.75. The molecule has 3 aromatic rings. The zero-order chi connectivity index (χ0) is 23.5. The molecule has 32 heavy (non-hydrogen) atoms. The van der Waals surface area contributed by atoms with Crippen LogP contribution < -0.4 is 9.47 Å². The van der Waals surface area contributed by atoms with Crippen molar-refractivity contribution in [3.8, 4) is 22.9 Å². The van der Waals surface area contributed by atoms with E-state index in [-0.39, 0.29) is 23.4 Å². The molecule has 0 saturated carbocycles. The van der Waals surface area contributed by atoms with E-state index in [0.717, 1.165) is 5.56 Å². The molecule has 172 valence electrons. The van der Waals surface area contributed by atoms with E-state index in [1.165, 1.54) is 4.31 Å². The van der Waals surface area contributed by atoms with Crippen LogP contribution in [0.2, 0.25) is 0 Å². The molecule has 0 radical (unpaired) electrons. The number of ether oxygens (including phenoxy) is 2. The van der Waals surface area contributed by atoms with Gasteiger partial charge in [0, 0.05) is 11.6 Å². The average molecular weight is 460 g/mol. The lowest BCUT2D eigenvalue weighted by Gasteiger charge is -2.24. The van der Waals surface area contributed by atoms with Gasteiger partial charge < -0.3 is 14.0 Å². The minimum atomic E-state index is -3.75. The van der Waals surface area contributed by atoms with E-state index in [1.54, 1.807) is 44.6 Å². The summed E-state index contributed by atoms with van der Waals surface area (Å²) in [5.74, 6) is 1.98. The predicted molar refractivity (Wildman–Crippen MR) is 121 cm³/mol. The average Bonchev–Trinajstić information content (AvgIpc) is 3.25. The van der Waals surface area contributed by atoms with Gasteiger partial charge in [0.2, 0.25) is 21.7 Å². The highest BCUT2D eigenvalue weighted by Crippen LogP contribution is 2.31. The van der Waals surface area contributed by atoms with Crippen LogP contribution in [0.3, 0.4) is 0 Å². The van der Waals surface area contributed by atoms with E-state index < -0.39 is 10.0 Å². The Bertz CT molecular complexity index is 1150. The Kier molecular flexibility index (Phi) is 7.20. The fourth-order valence-electron chi connectivity index (χ4n) is 3.25. The van der Waals surface area contributed by atoms with E-state index in [4.69, 9.17) is 14.0 Å². The van der Waals surface area contributed by atoms with Gasteiger partial charge in [-0.1, -0.05) is 31.1 Å². The highest BCUT2D eigenvalue weighted by atomic mass is 32.2. The zero-order valence-electron chi connectivity index (χ0n) is 19.2. The van der Waals surface area contributed by atoms with Crippen molar-refractivity contribution in [1.29, 1.82) is 0 Å². The molecule has 0 saturated heterocycles. The fourth-order valence-corrected chi connectivity index (χ4v) is 4.84. The second-order valence-corrected chi connectivity index (χ2v) is 9.84. The van der Waals surface area contributed by atoms with Crippen molar-refractivity contribution in [3.63, 3.8) is 0 Å². The summed E-state index contributed by atoms with van der Waals surface area (Å²) in [6, 6.07) is 11.9. The largest absolute Gasteiger partial charge is 0.493 e. The van der Waals surface area contributed by atoms with Crippen molar-refractivity contribution in [3.05, 3.63) is 53.9 Å². The number of aromatic nitrogens is 2. The van der Waals surface area contributed by atoms with E-state index >= 15 is 0 Å². The summed E-state index contributed by atoms with van der Waals surface area (Å²) in [7, 11) is -0.646. The number of hydrogen-bond donors (Lipinski definition) is 0. The predicted octanol–water partition coefficient (Wildman–Crippen LogP) is 4.48.